The maximum Gasteiger partial charge on any atom is 0.255 e. The minimum atomic E-state index is -0.241. The molecule has 0 bridgehead atoms. The van der Waals surface area contributed by atoms with Gasteiger partial charge in [0.1, 0.15) is 5.52 Å². The first-order valence-corrected chi connectivity index (χ1v) is 8.11. The quantitative estimate of drug-likeness (QED) is 0.539. The summed E-state index contributed by atoms with van der Waals surface area (Å²) in [6, 6.07) is 22.1. The average Bonchev–Trinajstić information content (AvgIpc) is 3.07. The van der Waals surface area contributed by atoms with Crippen molar-refractivity contribution in [2.24, 2.45) is 0 Å². The van der Waals surface area contributed by atoms with Crippen molar-refractivity contribution in [3.05, 3.63) is 83.4 Å². The summed E-state index contributed by atoms with van der Waals surface area (Å²) < 4.78 is 5.47. The van der Waals surface area contributed by atoms with Crippen LogP contribution in [-0.2, 0) is 0 Å². The van der Waals surface area contributed by atoms with Crippen molar-refractivity contribution in [1.82, 2.24) is 5.16 Å². The fourth-order valence-corrected chi connectivity index (χ4v) is 2.82. The molecule has 1 aromatic heterocycles. The van der Waals surface area contributed by atoms with Gasteiger partial charge in [0.2, 0.25) is 0 Å². The molecule has 0 saturated heterocycles. The lowest BCUT2D eigenvalue weighted by atomic mass is 10.1. The standard InChI is InChI=1S/C20H13ClN2O2/c21-16-8-4-5-9-18(16)22-20(24)14-10-11-17-15(12-14)19(25-23-17)13-6-2-1-3-7-13/h1-12H,(H,22,24). The van der Waals surface area contributed by atoms with Crippen LogP contribution in [0.4, 0.5) is 5.69 Å². The van der Waals surface area contributed by atoms with E-state index in [1.165, 1.54) is 0 Å². The number of carbonyl (C=O) groups is 1. The summed E-state index contributed by atoms with van der Waals surface area (Å²) in [5.41, 5.74) is 2.69. The molecule has 0 aliphatic heterocycles. The van der Waals surface area contributed by atoms with E-state index in [0.717, 1.165) is 10.9 Å². The lowest BCUT2D eigenvalue weighted by Gasteiger charge is -2.07. The predicted molar refractivity (Wildman–Crippen MR) is 98.9 cm³/mol. The van der Waals surface area contributed by atoms with Crippen molar-refractivity contribution in [1.29, 1.82) is 0 Å². The van der Waals surface area contributed by atoms with E-state index in [2.05, 4.69) is 10.5 Å². The average molecular weight is 349 g/mol. The third kappa shape index (κ3) is 2.99. The van der Waals surface area contributed by atoms with Gasteiger partial charge in [-0.25, -0.2) is 0 Å². The summed E-state index contributed by atoms with van der Waals surface area (Å²) in [4.78, 5) is 12.6. The molecule has 0 spiro atoms. The SMILES string of the molecule is O=C(Nc1ccccc1Cl)c1ccc2noc(-c3ccccc3)c2c1. The second-order valence-electron chi connectivity index (χ2n) is 5.54. The van der Waals surface area contributed by atoms with E-state index in [9.17, 15) is 4.79 Å². The molecule has 5 heteroatoms. The second-order valence-corrected chi connectivity index (χ2v) is 5.95. The Balaban J connectivity index is 1.71. The van der Waals surface area contributed by atoms with Crippen LogP contribution in [-0.4, -0.2) is 11.1 Å². The van der Waals surface area contributed by atoms with Crippen molar-refractivity contribution >= 4 is 34.1 Å². The van der Waals surface area contributed by atoms with Crippen LogP contribution in [0.5, 0.6) is 0 Å². The van der Waals surface area contributed by atoms with Crippen LogP contribution in [0.2, 0.25) is 5.02 Å². The van der Waals surface area contributed by atoms with Gasteiger partial charge in [0.15, 0.2) is 5.76 Å². The van der Waals surface area contributed by atoms with Crippen LogP contribution < -0.4 is 5.32 Å². The number of para-hydroxylation sites is 1. The maximum atomic E-state index is 12.6. The van der Waals surface area contributed by atoms with Gasteiger partial charge in [-0.15, -0.1) is 0 Å². The molecule has 122 valence electrons. The van der Waals surface area contributed by atoms with Crippen LogP contribution in [0.25, 0.3) is 22.2 Å². The molecule has 4 rings (SSSR count). The van der Waals surface area contributed by atoms with Crippen molar-refractivity contribution in [2.45, 2.75) is 0 Å². The van der Waals surface area contributed by atoms with Gasteiger partial charge >= 0.3 is 0 Å². The third-order valence-electron chi connectivity index (χ3n) is 3.90. The zero-order valence-corrected chi connectivity index (χ0v) is 13.8. The molecular formula is C20H13ClN2O2. The number of amides is 1. The summed E-state index contributed by atoms with van der Waals surface area (Å²) in [5, 5.41) is 8.17. The van der Waals surface area contributed by atoms with E-state index in [1.54, 1.807) is 30.3 Å². The number of hydrogen-bond acceptors (Lipinski definition) is 3. The van der Waals surface area contributed by atoms with Crippen LogP contribution in [0.1, 0.15) is 10.4 Å². The van der Waals surface area contributed by atoms with Gasteiger partial charge < -0.3 is 9.84 Å². The molecule has 0 atom stereocenters. The van der Waals surface area contributed by atoms with E-state index < -0.39 is 0 Å². The molecule has 0 aliphatic carbocycles. The van der Waals surface area contributed by atoms with E-state index in [4.69, 9.17) is 16.1 Å². The van der Waals surface area contributed by atoms with Gasteiger partial charge in [-0.1, -0.05) is 59.2 Å². The van der Waals surface area contributed by atoms with Crippen molar-refractivity contribution in [2.75, 3.05) is 5.32 Å². The molecule has 0 fully saturated rings. The Hall–Kier alpha value is -3.11. The molecule has 4 nitrogen and oxygen atoms in total. The van der Waals surface area contributed by atoms with E-state index in [1.807, 2.05) is 42.5 Å². The summed E-state index contributed by atoms with van der Waals surface area (Å²) in [6.45, 7) is 0. The van der Waals surface area contributed by atoms with Gasteiger partial charge in [-0.2, -0.15) is 0 Å². The Labute approximate surface area is 149 Å². The summed E-state index contributed by atoms with van der Waals surface area (Å²) in [7, 11) is 0. The zero-order chi connectivity index (χ0) is 17.2. The summed E-state index contributed by atoms with van der Waals surface area (Å²) in [6.07, 6.45) is 0. The highest BCUT2D eigenvalue weighted by Gasteiger charge is 2.14. The van der Waals surface area contributed by atoms with Gasteiger partial charge in [-0.3, -0.25) is 4.79 Å². The van der Waals surface area contributed by atoms with E-state index >= 15 is 0 Å². The van der Waals surface area contributed by atoms with Gasteiger partial charge in [-0.05, 0) is 30.3 Å². The number of nitrogens with one attached hydrogen (secondary N) is 1. The third-order valence-corrected chi connectivity index (χ3v) is 4.23. The molecule has 0 unspecified atom stereocenters. The number of aromatic nitrogens is 1. The number of hydrogen-bond donors (Lipinski definition) is 1. The lowest BCUT2D eigenvalue weighted by Crippen LogP contribution is -2.12. The molecule has 1 heterocycles. The number of halogens is 1. The number of carbonyl (C=O) groups excluding carboxylic acids is 1. The Bertz CT molecular complexity index is 1060. The van der Waals surface area contributed by atoms with E-state index in [0.29, 0.717) is 27.6 Å². The summed E-state index contributed by atoms with van der Waals surface area (Å²) in [5.74, 6) is 0.401. The number of anilines is 1. The Morgan fingerprint density at radius 3 is 2.52 bits per heavy atom. The number of fused-ring (bicyclic) bond motifs is 1. The molecule has 0 radical (unpaired) electrons. The van der Waals surface area contributed by atoms with Gasteiger partial charge in [0.05, 0.1) is 16.1 Å². The monoisotopic (exact) mass is 348 g/mol. The van der Waals surface area contributed by atoms with Crippen LogP contribution in [0, 0.1) is 0 Å². The Morgan fingerprint density at radius 2 is 1.72 bits per heavy atom. The molecule has 1 amide bonds. The first-order valence-electron chi connectivity index (χ1n) is 7.73. The van der Waals surface area contributed by atoms with Gasteiger partial charge in [0, 0.05) is 11.1 Å². The smallest absolute Gasteiger partial charge is 0.255 e. The Kier molecular flexibility index (Phi) is 3.96. The van der Waals surface area contributed by atoms with Gasteiger partial charge in [0.25, 0.3) is 5.91 Å². The molecule has 1 N–H and O–H groups in total. The molecular weight excluding hydrogens is 336 g/mol. The fraction of sp³-hybridized carbons (Fsp3) is 0. The van der Waals surface area contributed by atoms with Crippen LogP contribution in [0.3, 0.4) is 0 Å². The van der Waals surface area contributed by atoms with Crippen LogP contribution >= 0.6 is 11.6 Å². The second kappa shape index (κ2) is 6.42. The first-order chi connectivity index (χ1) is 12.2. The molecule has 25 heavy (non-hydrogen) atoms. The predicted octanol–water partition coefficient (Wildman–Crippen LogP) is 5.40. The molecule has 0 saturated carbocycles. The Morgan fingerprint density at radius 1 is 0.960 bits per heavy atom. The maximum absolute atomic E-state index is 12.6. The van der Waals surface area contributed by atoms with Crippen molar-refractivity contribution < 1.29 is 9.32 Å². The molecule has 3 aromatic carbocycles. The van der Waals surface area contributed by atoms with Crippen molar-refractivity contribution in [3.63, 3.8) is 0 Å². The summed E-state index contributed by atoms with van der Waals surface area (Å²) >= 11 is 6.10. The van der Waals surface area contributed by atoms with E-state index in [-0.39, 0.29) is 5.91 Å². The highest BCUT2D eigenvalue weighted by atomic mass is 35.5. The highest BCUT2D eigenvalue weighted by molar-refractivity contribution is 6.33. The minimum Gasteiger partial charge on any atom is -0.355 e. The lowest BCUT2D eigenvalue weighted by molar-refractivity contribution is 0.102. The number of rotatable bonds is 3. The first kappa shape index (κ1) is 15.4. The van der Waals surface area contributed by atoms with Crippen LogP contribution in [0.15, 0.2) is 77.3 Å². The highest BCUT2D eigenvalue weighted by Crippen LogP contribution is 2.29. The number of nitrogens with zero attached hydrogens (tertiary/aromatic N) is 1. The minimum absolute atomic E-state index is 0.241. The molecule has 4 aromatic rings. The fourth-order valence-electron chi connectivity index (χ4n) is 2.64. The zero-order valence-electron chi connectivity index (χ0n) is 13.1. The normalized spacial score (nSPS) is 10.8. The van der Waals surface area contributed by atoms with Crippen molar-refractivity contribution in [3.8, 4) is 11.3 Å². The number of benzene rings is 3. The molecule has 0 aliphatic rings. The topological polar surface area (TPSA) is 55.1 Å². The largest absolute Gasteiger partial charge is 0.355 e.